The molecule has 2 N–H and O–H groups in total. The van der Waals surface area contributed by atoms with Gasteiger partial charge >= 0.3 is 0 Å². The summed E-state index contributed by atoms with van der Waals surface area (Å²) in [5.41, 5.74) is 7.10. The van der Waals surface area contributed by atoms with Crippen LogP contribution in [0, 0.1) is 20.8 Å². The Balaban J connectivity index is 1.78. The number of benzene rings is 1. The van der Waals surface area contributed by atoms with E-state index in [0.29, 0.717) is 5.75 Å². The Morgan fingerprint density at radius 3 is 2.59 bits per heavy atom. The molecule has 0 radical (unpaired) electrons. The highest BCUT2D eigenvalue weighted by Crippen LogP contribution is 2.16. The van der Waals surface area contributed by atoms with E-state index in [0.717, 1.165) is 16.1 Å². The van der Waals surface area contributed by atoms with Gasteiger partial charge in [-0.05, 0) is 44.0 Å². The lowest BCUT2D eigenvalue weighted by atomic mass is 10.1. The number of thiazole rings is 1. The highest BCUT2D eigenvalue weighted by Gasteiger charge is 2.10. The number of aryl methyl sites for hydroxylation is 3. The van der Waals surface area contributed by atoms with Crippen LogP contribution < -0.4 is 15.6 Å². The third-order valence-electron chi connectivity index (χ3n) is 3.02. The molecule has 22 heavy (non-hydrogen) atoms. The van der Waals surface area contributed by atoms with Crippen LogP contribution >= 0.6 is 11.3 Å². The number of ether oxygens (including phenoxy) is 1. The van der Waals surface area contributed by atoms with Crippen molar-refractivity contribution in [3.63, 3.8) is 0 Å². The fourth-order valence-electron chi connectivity index (χ4n) is 1.65. The minimum atomic E-state index is -0.455. The summed E-state index contributed by atoms with van der Waals surface area (Å²) in [6, 6.07) is 5.58. The van der Waals surface area contributed by atoms with E-state index in [9.17, 15) is 9.59 Å². The zero-order chi connectivity index (χ0) is 16.1. The average Bonchev–Trinajstić information content (AvgIpc) is 2.92. The van der Waals surface area contributed by atoms with Gasteiger partial charge in [-0.25, -0.2) is 4.98 Å². The van der Waals surface area contributed by atoms with E-state index in [1.54, 1.807) is 18.4 Å². The van der Waals surface area contributed by atoms with Crippen LogP contribution in [0.3, 0.4) is 0 Å². The van der Waals surface area contributed by atoms with Gasteiger partial charge in [0.25, 0.3) is 11.8 Å². The van der Waals surface area contributed by atoms with Crippen LogP contribution in [0.4, 0.5) is 0 Å². The quantitative estimate of drug-likeness (QED) is 0.844. The fraction of sp³-hybridized carbons (Fsp3) is 0.267. The maximum Gasteiger partial charge on any atom is 0.289 e. The molecular formula is C15H17N3O3S. The van der Waals surface area contributed by atoms with Gasteiger partial charge in [0.1, 0.15) is 11.4 Å². The first-order valence-electron chi connectivity index (χ1n) is 6.67. The molecule has 0 bridgehead atoms. The Morgan fingerprint density at radius 1 is 1.18 bits per heavy atom. The van der Waals surface area contributed by atoms with Gasteiger partial charge in [0, 0.05) is 5.38 Å². The van der Waals surface area contributed by atoms with Crippen molar-refractivity contribution >= 4 is 23.2 Å². The first-order chi connectivity index (χ1) is 10.5. The number of hydrogen-bond donors (Lipinski definition) is 2. The van der Waals surface area contributed by atoms with Crippen molar-refractivity contribution in [2.75, 3.05) is 6.61 Å². The van der Waals surface area contributed by atoms with Crippen molar-refractivity contribution in [1.29, 1.82) is 0 Å². The Kier molecular flexibility index (Phi) is 5.11. The predicted octanol–water partition coefficient (Wildman–Crippen LogP) is 1.91. The molecule has 6 nitrogen and oxygen atoms in total. The lowest BCUT2D eigenvalue weighted by Gasteiger charge is -2.09. The zero-order valence-corrected chi connectivity index (χ0v) is 13.4. The molecule has 0 aliphatic heterocycles. The monoisotopic (exact) mass is 319 g/mol. The first-order valence-corrected chi connectivity index (χ1v) is 7.55. The third-order valence-corrected chi connectivity index (χ3v) is 3.79. The minimum absolute atomic E-state index is 0.182. The van der Waals surface area contributed by atoms with Gasteiger partial charge < -0.3 is 4.74 Å². The smallest absolute Gasteiger partial charge is 0.289 e. The largest absolute Gasteiger partial charge is 0.484 e. The molecule has 1 aromatic heterocycles. The maximum atomic E-state index is 11.7. The van der Waals surface area contributed by atoms with Crippen molar-refractivity contribution < 1.29 is 14.3 Å². The predicted molar refractivity (Wildman–Crippen MR) is 83.9 cm³/mol. The third kappa shape index (κ3) is 4.29. The molecule has 0 spiro atoms. The SMILES string of the molecule is Cc1nc(C(=O)NNC(=O)COc2ccc(C)c(C)c2)cs1. The van der Waals surface area contributed by atoms with Gasteiger partial charge in [0.15, 0.2) is 6.61 Å². The molecule has 0 unspecified atom stereocenters. The molecule has 1 heterocycles. The molecule has 0 saturated carbocycles. The summed E-state index contributed by atoms with van der Waals surface area (Å²) < 4.78 is 5.37. The topological polar surface area (TPSA) is 80.3 Å². The van der Waals surface area contributed by atoms with Crippen molar-refractivity contribution in [2.24, 2.45) is 0 Å². The van der Waals surface area contributed by atoms with Gasteiger partial charge in [-0.3, -0.25) is 20.4 Å². The molecule has 7 heteroatoms. The summed E-state index contributed by atoms with van der Waals surface area (Å²) in [5, 5.41) is 2.41. The second kappa shape index (κ2) is 7.04. The van der Waals surface area contributed by atoms with Crippen LogP contribution in [0.25, 0.3) is 0 Å². The molecule has 1 aromatic carbocycles. The molecule has 0 fully saturated rings. The van der Waals surface area contributed by atoms with Crippen molar-refractivity contribution in [2.45, 2.75) is 20.8 Å². The van der Waals surface area contributed by atoms with Gasteiger partial charge in [0.2, 0.25) is 0 Å². The maximum absolute atomic E-state index is 11.7. The lowest BCUT2D eigenvalue weighted by Crippen LogP contribution is -2.43. The van der Waals surface area contributed by atoms with E-state index < -0.39 is 11.8 Å². The van der Waals surface area contributed by atoms with E-state index in [4.69, 9.17) is 4.74 Å². The normalized spacial score (nSPS) is 10.1. The van der Waals surface area contributed by atoms with Crippen LogP contribution in [0.5, 0.6) is 5.75 Å². The Hall–Kier alpha value is -2.41. The molecule has 0 saturated heterocycles. The summed E-state index contributed by atoms with van der Waals surface area (Å²) in [6.07, 6.45) is 0. The van der Waals surface area contributed by atoms with Crippen LogP contribution in [0.2, 0.25) is 0 Å². The minimum Gasteiger partial charge on any atom is -0.484 e. The van der Waals surface area contributed by atoms with Crippen molar-refractivity contribution in [3.8, 4) is 5.75 Å². The highest BCUT2D eigenvalue weighted by atomic mass is 32.1. The Morgan fingerprint density at radius 2 is 1.95 bits per heavy atom. The molecule has 2 amide bonds. The van der Waals surface area contributed by atoms with Crippen LogP contribution in [0.15, 0.2) is 23.6 Å². The van der Waals surface area contributed by atoms with E-state index >= 15 is 0 Å². The summed E-state index contributed by atoms with van der Waals surface area (Å²) in [4.78, 5) is 27.4. The summed E-state index contributed by atoms with van der Waals surface area (Å²) in [7, 11) is 0. The van der Waals surface area contributed by atoms with E-state index in [1.807, 2.05) is 26.0 Å². The standard InChI is InChI=1S/C15H17N3O3S/c1-9-4-5-12(6-10(9)2)21-7-14(19)17-18-15(20)13-8-22-11(3)16-13/h4-6,8H,7H2,1-3H3,(H,17,19)(H,18,20). The Bertz CT molecular complexity index is 697. The highest BCUT2D eigenvalue weighted by molar-refractivity contribution is 7.09. The molecule has 116 valence electrons. The number of amides is 2. The number of rotatable bonds is 4. The number of aromatic nitrogens is 1. The lowest BCUT2D eigenvalue weighted by molar-refractivity contribution is -0.123. The summed E-state index contributed by atoms with van der Waals surface area (Å²) in [5.74, 6) is -0.290. The van der Waals surface area contributed by atoms with Crippen molar-refractivity contribution in [3.05, 3.63) is 45.4 Å². The number of nitrogens with one attached hydrogen (secondary N) is 2. The van der Waals surface area contributed by atoms with Gasteiger partial charge in [-0.2, -0.15) is 0 Å². The zero-order valence-electron chi connectivity index (χ0n) is 12.6. The Labute approximate surface area is 132 Å². The van der Waals surface area contributed by atoms with Gasteiger partial charge in [-0.15, -0.1) is 11.3 Å². The van der Waals surface area contributed by atoms with E-state index in [-0.39, 0.29) is 12.3 Å². The number of carbonyl (C=O) groups excluding carboxylic acids is 2. The average molecular weight is 319 g/mol. The van der Waals surface area contributed by atoms with Crippen LogP contribution in [-0.2, 0) is 4.79 Å². The molecule has 2 aromatic rings. The fourth-order valence-corrected chi connectivity index (χ4v) is 2.24. The summed E-state index contributed by atoms with van der Waals surface area (Å²) >= 11 is 1.37. The molecule has 2 rings (SSSR count). The number of nitrogens with zero attached hydrogens (tertiary/aromatic N) is 1. The first kappa shape index (κ1) is 16.0. The van der Waals surface area contributed by atoms with Gasteiger partial charge in [-0.1, -0.05) is 6.07 Å². The van der Waals surface area contributed by atoms with Crippen molar-refractivity contribution in [1.82, 2.24) is 15.8 Å². The summed E-state index contributed by atoms with van der Waals surface area (Å²) in [6.45, 7) is 5.59. The van der Waals surface area contributed by atoms with Gasteiger partial charge in [0.05, 0.1) is 5.01 Å². The molecule has 0 atom stereocenters. The molecule has 0 aliphatic rings. The second-order valence-electron chi connectivity index (χ2n) is 4.79. The molecular weight excluding hydrogens is 302 g/mol. The van der Waals surface area contributed by atoms with Crippen LogP contribution in [0.1, 0.15) is 26.6 Å². The van der Waals surface area contributed by atoms with E-state index in [1.165, 1.54) is 11.3 Å². The van der Waals surface area contributed by atoms with E-state index in [2.05, 4.69) is 15.8 Å². The molecule has 0 aliphatic carbocycles. The van der Waals surface area contributed by atoms with Crippen LogP contribution in [-0.4, -0.2) is 23.4 Å². The number of hydrazine groups is 1. The number of carbonyl (C=O) groups is 2. The number of hydrogen-bond acceptors (Lipinski definition) is 5. The second-order valence-corrected chi connectivity index (χ2v) is 5.85.